The second-order valence-corrected chi connectivity index (χ2v) is 7.36. The molecule has 0 bridgehead atoms. The molecule has 2 amide bonds. The molecular weight excluding hydrogens is 408 g/mol. The number of hydrogen-bond acceptors (Lipinski definition) is 5. The summed E-state index contributed by atoms with van der Waals surface area (Å²) >= 11 is 0. The van der Waals surface area contributed by atoms with Crippen LogP contribution in [0.25, 0.3) is 11.0 Å². The number of nitrogens with one attached hydrogen (secondary N) is 2. The zero-order valence-corrected chi connectivity index (χ0v) is 17.1. The van der Waals surface area contributed by atoms with Crippen LogP contribution in [0.1, 0.15) is 22.5 Å². The number of carbonyl (C=O) groups is 2. The lowest BCUT2D eigenvalue weighted by atomic mass is 10.1. The Kier molecular flexibility index (Phi) is 5.21. The monoisotopic (exact) mass is 428 g/mol. The van der Waals surface area contributed by atoms with Crippen LogP contribution in [0.4, 0.5) is 11.4 Å². The van der Waals surface area contributed by atoms with E-state index in [1.807, 2.05) is 48.5 Å². The topological polar surface area (TPSA) is 89.8 Å². The van der Waals surface area contributed by atoms with Crippen molar-refractivity contribution in [2.75, 3.05) is 17.4 Å². The minimum absolute atomic E-state index is 0.0388. The Bertz CT molecular complexity index is 1300. The summed E-state index contributed by atoms with van der Waals surface area (Å²) in [6.07, 6.45) is 0.883. The van der Waals surface area contributed by atoms with Gasteiger partial charge in [-0.25, -0.2) is 0 Å². The van der Waals surface area contributed by atoms with Crippen LogP contribution in [0, 0.1) is 0 Å². The van der Waals surface area contributed by atoms with Crippen LogP contribution in [0.15, 0.2) is 77.2 Å². The van der Waals surface area contributed by atoms with E-state index < -0.39 is 5.91 Å². The maximum Gasteiger partial charge on any atom is 0.293 e. The van der Waals surface area contributed by atoms with Gasteiger partial charge in [0.15, 0.2) is 11.5 Å². The molecule has 1 aromatic heterocycles. The molecule has 0 radical (unpaired) electrons. The minimum Gasteiger partial charge on any atom is -0.454 e. The molecule has 7 heteroatoms. The van der Waals surface area contributed by atoms with E-state index in [4.69, 9.17) is 13.9 Å². The number of ether oxygens (including phenoxy) is 2. The summed E-state index contributed by atoms with van der Waals surface area (Å²) in [5.41, 5.74) is 2.47. The smallest absolute Gasteiger partial charge is 0.293 e. The van der Waals surface area contributed by atoms with Crippen molar-refractivity contribution in [2.45, 2.75) is 12.8 Å². The first-order valence-electron chi connectivity index (χ1n) is 10.2. The van der Waals surface area contributed by atoms with E-state index in [2.05, 4.69) is 10.6 Å². The van der Waals surface area contributed by atoms with E-state index in [-0.39, 0.29) is 24.9 Å². The van der Waals surface area contributed by atoms with Gasteiger partial charge in [0, 0.05) is 23.6 Å². The van der Waals surface area contributed by atoms with Crippen molar-refractivity contribution >= 4 is 34.2 Å². The van der Waals surface area contributed by atoms with Crippen molar-refractivity contribution in [2.24, 2.45) is 0 Å². The van der Waals surface area contributed by atoms with Crippen molar-refractivity contribution in [1.29, 1.82) is 0 Å². The van der Waals surface area contributed by atoms with Gasteiger partial charge in [-0.05, 0) is 36.2 Å². The molecule has 4 aromatic rings. The van der Waals surface area contributed by atoms with Gasteiger partial charge in [0.05, 0.1) is 0 Å². The highest BCUT2D eigenvalue weighted by Gasteiger charge is 2.23. The Balaban J connectivity index is 1.37. The Hall–Kier alpha value is -4.26. The quantitative estimate of drug-likeness (QED) is 0.452. The summed E-state index contributed by atoms with van der Waals surface area (Å²) < 4.78 is 16.5. The van der Waals surface area contributed by atoms with E-state index >= 15 is 0 Å². The Morgan fingerprint density at radius 3 is 2.50 bits per heavy atom. The fourth-order valence-corrected chi connectivity index (χ4v) is 3.60. The predicted molar refractivity (Wildman–Crippen MR) is 120 cm³/mol. The van der Waals surface area contributed by atoms with Gasteiger partial charge in [0.2, 0.25) is 18.5 Å². The summed E-state index contributed by atoms with van der Waals surface area (Å²) in [6, 6.07) is 22.1. The maximum atomic E-state index is 13.0. The zero-order valence-electron chi connectivity index (χ0n) is 17.1. The number of rotatable bonds is 6. The lowest BCUT2D eigenvalue weighted by molar-refractivity contribution is -0.116. The Morgan fingerprint density at radius 1 is 0.844 bits per heavy atom. The summed E-state index contributed by atoms with van der Waals surface area (Å²) in [5.74, 6) is 0.549. The Morgan fingerprint density at radius 2 is 1.62 bits per heavy atom. The van der Waals surface area contributed by atoms with Gasteiger partial charge in [0.1, 0.15) is 11.3 Å². The first-order valence-corrected chi connectivity index (χ1v) is 10.2. The maximum absolute atomic E-state index is 13.0. The van der Waals surface area contributed by atoms with Crippen LogP contribution in [-0.2, 0) is 11.2 Å². The highest BCUT2D eigenvalue weighted by molar-refractivity contribution is 6.14. The summed E-state index contributed by atoms with van der Waals surface area (Å²) in [6.45, 7) is 0.148. The van der Waals surface area contributed by atoms with Gasteiger partial charge < -0.3 is 24.5 Å². The molecule has 7 nitrogen and oxygen atoms in total. The lowest BCUT2D eigenvalue weighted by Gasteiger charge is -2.08. The third-order valence-electron chi connectivity index (χ3n) is 5.18. The van der Waals surface area contributed by atoms with Crippen molar-refractivity contribution in [3.63, 3.8) is 0 Å². The Labute approximate surface area is 183 Å². The third kappa shape index (κ3) is 4.00. The normalized spacial score (nSPS) is 12.0. The van der Waals surface area contributed by atoms with E-state index in [0.29, 0.717) is 40.3 Å². The number of para-hydroxylation sites is 1. The predicted octanol–water partition coefficient (Wildman–Crippen LogP) is 4.99. The van der Waals surface area contributed by atoms with Gasteiger partial charge in [-0.3, -0.25) is 9.59 Å². The molecule has 0 aliphatic carbocycles. The van der Waals surface area contributed by atoms with Crippen LogP contribution in [0.3, 0.4) is 0 Å². The van der Waals surface area contributed by atoms with Crippen molar-refractivity contribution in [3.8, 4) is 11.5 Å². The minimum atomic E-state index is -0.474. The number of aryl methyl sites for hydroxylation is 1. The molecule has 160 valence electrons. The van der Waals surface area contributed by atoms with Gasteiger partial charge in [-0.15, -0.1) is 0 Å². The van der Waals surface area contributed by atoms with Crippen molar-refractivity contribution in [3.05, 3.63) is 84.1 Å². The SMILES string of the molecule is O=C(CCc1ccccc1)Nc1c(C(=O)Nc2ccc3c(c2)OCO3)oc2ccccc12. The fourth-order valence-electron chi connectivity index (χ4n) is 3.60. The first-order chi connectivity index (χ1) is 15.7. The molecule has 0 saturated heterocycles. The lowest BCUT2D eigenvalue weighted by Crippen LogP contribution is -2.17. The zero-order chi connectivity index (χ0) is 21.9. The number of furan rings is 1. The van der Waals surface area contributed by atoms with E-state index in [0.717, 1.165) is 5.56 Å². The van der Waals surface area contributed by atoms with Crippen molar-refractivity contribution in [1.82, 2.24) is 0 Å². The summed E-state index contributed by atoms with van der Waals surface area (Å²) in [5, 5.41) is 6.34. The molecule has 1 aliphatic rings. The second kappa shape index (κ2) is 8.47. The molecule has 0 saturated carbocycles. The standard InChI is InChI=1S/C25H20N2O5/c28-22(13-10-16-6-2-1-3-7-16)27-23-18-8-4-5-9-19(18)32-24(23)25(29)26-17-11-12-20-21(14-17)31-15-30-20/h1-9,11-12,14H,10,13,15H2,(H,26,29)(H,27,28). The molecule has 0 atom stereocenters. The second-order valence-electron chi connectivity index (χ2n) is 7.36. The molecule has 2 heterocycles. The molecular formula is C25H20N2O5. The van der Waals surface area contributed by atoms with Crippen LogP contribution >= 0.6 is 0 Å². The molecule has 3 aromatic carbocycles. The van der Waals surface area contributed by atoms with E-state index in [9.17, 15) is 9.59 Å². The molecule has 5 rings (SSSR count). The molecule has 0 fully saturated rings. The number of amides is 2. The van der Waals surface area contributed by atoms with Gasteiger partial charge in [0.25, 0.3) is 5.91 Å². The number of hydrogen-bond donors (Lipinski definition) is 2. The average Bonchev–Trinajstić information content (AvgIpc) is 3.43. The fraction of sp³-hybridized carbons (Fsp3) is 0.120. The van der Waals surface area contributed by atoms with E-state index in [1.54, 1.807) is 24.3 Å². The molecule has 32 heavy (non-hydrogen) atoms. The van der Waals surface area contributed by atoms with Crippen LogP contribution in [-0.4, -0.2) is 18.6 Å². The largest absolute Gasteiger partial charge is 0.454 e. The van der Waals surface area contributed by atoms with Gasteiger partial charge >= 0.3 is 0 Å². The first kappa shape index (κ1) is 19.7. The summed E-state index contributed by atoms with van der Waals surface area (Å²) in [4.78, 5) is 25.7. The highest BCUT2D eigenvalue weighted by atomic mass is 16.7. The molecule has 0 unspecified atom stereocenters. The number of carbonyl (C=O) groups excluding carboxylic acids is 2. The third-order valence-corrected chi connectivity index (χ3v) is 5.18. The van der Waals surface area contributed by atoms with Crippen LogP contribution in [0.2, 0.25) is 0 Å². The van der Waals surface area contributed by atoms with Crippen molar-refractivity contribution < 1.29 is 23.5 Å². The number of benzene rings is 3. The number of anilines is 2. The van der Waals surface area contributed by atoms with Gasteiger partial charge in [-0.2, -0.15) is 0 Å². The molecule has 2 N–H and O–H groups in total. The molecule has 1 aliphatic heterocycles. The van der Waals surface area contributed by atoms with Crippen LogP contribution < -0.4 is 20.1 Å². The molecule has 0 spiro atoms. The average molecular weight is 428 g/mol. The number of fused-ring (bicyclic) bond motifs is 2. The van der Waals surface area contributed by atoms with Crippen LogP contribution in [0.5, 0.6) is 11.5 Å². The summed E-state index contributed by atoms with van der Waals surface area (Å²) in [7, 11) is 0. The van der Waals surface area contributed by atoms with Gasteiger partial charge in [-0.1, -0.05) is 42.5 Å². The van der Waals surface area contributed by atoms with E-state index in [1.165, 1.54) is 0 Å². The highest BCUT2D eigenvalue weighted by Crippen LogP contribution is 2.35.